The number of amides is 1. The molecule has 0 bridgehead atoms. The van der Waals surface area contributed by atoms with Crippen LogP contribution in [0.4, 0.5) is 16.2 Å². The molecule has 0 radical (unpaired) electrons. The molecule has 3 rings (SSSR count). The lowest BCUT2D eigenvalue weighted by atomic mass is 9.92. The number of benzene rings is 2. The van der Waals surface area contributed by atoms with Crippen molar-refractivity contribution in [2.24, 2.45) is 0 Å². The first kappa shape index (κ1) is 16.7. The molecule has 1 heterocycles. The molecule has 0 fully saturated rings. The minimum atomic E-state index is -1.01. The van der Waals surface area contributed by atoms with Gasteiger partial charge < -0.3 is 20.1 Å². The Bertz CT molecular complexity index is 829. The molecule has 6 heteroatoms. The fourth-order valence-electron chi connectivity index (χ4n) is 3.02. The van der Waals surface area contributed by atoms with E-state index in [2.05, 4.69) is 11.4 Å². The molecule has 0 saturated carbocycles. The number of fused-ring (bicyclic) bond motifs is 1. The summed E-state index contributed by atoms with van der Waals surface area (Å²) >= 11 is 0. The molecular weight excluding hydrogens is 318 g/mol. The Balaban J connectivity index is 1.85. The molecule has 1 amide bonds. The van der Waals surface area contributed by atoms with Crippen molar-refractivity contribution in [2.45, 2.75) is 12.3 Å². The second kappa shape index (κ2) is 7.14. The smallest absolute Gasteiger partial charge is 0.404 e. The second-order valence-corrected chi connectivity index (χ2v) is 5.96. The largest absolute Gasteiger partial charge is 0.493 e. The predicted octanol–water partition coefficient (Wildman–Crippen LogP) is 3.46. The third-order valence-corrected chi connectivity index (χ3v) is 4.41. The maximum atomic E-state index is 10.7. The van der Waals surface area contributed by atoms with E-state index in [-0.39, 0.29) is 5.92 Å². The number of carboxylic acid groups (broad SMARTS) is 1. The fraction of sp³-hybridized carbons (Fsp3) is 0.263. The number of anilines is 2. The number of rotatable bonds is 4. The summed E-state index contributed by atoms with van der Waals surface area (Å²) in [5.74, 6) is 0.894. The highest BCUT2D eigenvalue weighted by Crippen LogP contribution is 2.37. The van der Waals surface area contributed by atoms with Crippen LogP contribution < -0.4 is 15.0 Å². The molecule has 0 unspecified atom stereocenters. The second-order valence-electron chi connectivity index (χ2n) is 5.96. The normalized spacial score (nSPS) is 15.4. The van der Waals surface area contributed by atoms with E-state index in [4.69, 9.17) is 15.1 Å². The van der Waals surface area contributed by atoms with Crippen molar-refractivity contribution in [2.75, 3.05) is 25.1 Å². The molecule has 2 N–H and O–H groups in total. The van der Waals surface area contributed by atoms with Gasteiger partial charge in [0, 0.05) is 37.0 Å². The van der Waals surface area contributed by atoms with E-state index in [1.807, 2.05) is 48.3 Å². The lowest BCUT2D eigenvalue weighted by Gasteiger charge is -2.28. The number of hydrogen-bond donors (Lipinski definition) is 2. The monoisotopic (exact) mass is 337 g/mol. The number of carbonyl (C=O) groups is 1. The van der Waals surface area contributed by atoms with Gasteiger partial charge in [0.15, 0.2) is 0 Å². The molecule has 0 saturated heterocycles. The molecule has 0 aromatic heterocycles. The summed E-state index contributed by atoms with van der Waals surface area (Å²) in [4.78, 5) is 12.7. The minimum absolute atomic E-state index is 0.112. The van der Waals surface area contributed by atoms with Gasteiger partial charge in [0.1, 0.15) is 5.75 Å². The van der Waals surface area contributed by atoms with Gasteiger partial charge in [0.2, 0.25) is 0 Å². The molecule has 1 aliphatic rings. The molecule has 1 atom stereocenters. The molecule has 0 aliphatic carbocycles. The number of ether oxygens (including phenoxy) is 1. The fourth-order valence-corrected chi connectivity index (χ4v) is 3.02. The summed E-state index contributed by atoms with van der Waals surface area (Å²) in [5.41, 5.74) is 3.49. The van der Waals surface area contributed by atoms with Gasteiger partial charge in [0.25, 0.3) is 0 Å². The van der Waals surface area contributed by atoms with Crippen molar-refractivity contribution in [1.82, 2.24) is 5.32 Å². The van der Waals surface area contributed by atoms with Crippen LogP contribution in [0.25, 0.3) is 0 Å². The molecule has 128 valence electrons. The average molecular weight is 337 g/mol. The van der Waals surface area contributed by atoms with Gasteiger partial charge in [-0.2, -0.15) is 5.26 Å². The maximum absolute atomic E-state index is 10.7. The first-order valence-corrected chi connectivity index (χ1v) is 8.06. The highest BCUT2D eigenvalue weighted by Gasteiger charge is 2.23. The zero-order chi connectivity index (χ0) is 17.8. The van der Waals surface area contributed by atoms with Crippen molar-refractivity contribution in [3.8, 4) is 11.8 Å². The van der Waals surface area contributed by atoms with Crippen LogP contribution in [0, 0.1) is 11.3 Å². The lowest BCUT2D eigenvalue weighted by molar-refractivity contribution is 0.191. The van der Waals surface area contributed by atoms with E-state index >= 15 is 0 Å². The Labute approximate surface area is 146 Å². The Morgan fingerprint density at radius 2 is 2.16 bits per heavy atom. The van der Waals surface area contributed by atoms with E-state index in [1.165, 1.54) is 0 Å². The minimum Gasteiger partial charge on any atom is -0.493 e. The van der Waals surface area contributed by atoms with Gasteiger partial charge in [-0.25, -0.2) is 4.79 Å². The van der Waals surface area contributed by atoms with Crippen LogP contribution in [-0.2, 0) is 0 Å². The summed E-state index contributed by atoms with van der Waals surface area (Å²) in [6, 6.07) is 15.5. The molecule has 2 aromatic carbocycles. The number of nitriles is 1. The van der Waals surface area contributed by atoms with E-state index in [9.17, 15) is 4.79 Å². The van der Waals surface area contributed by atoms with E-state index in [0.717, 1.165) is 29.1 Å². The molecule has 25 heavy (non-hydrogen) atoms. The van der Waals surface area contributed by atoms with Crippen LogP contribution in [-0.4, -0.2) is 31.4 Å². The Hall–Kier alpha value is -3.20. The molecule has 2 aromatic rings. The first-order chi connectivity index (χ1) is 12.1. The highest BCUT2D eigenvalue weighted by molar-refractivity contribution is 5.67. The zero-order valence-electron chi connectivity index (χ0n) is 13.9. The van der Waals surface area contributed by atoms with Crippen molar-refractivity contribution in [3.63, 3.8) is 0 Å². The number of nitrogens with one attached hydrogen (secondary N) is 1. The number of hydrogen-bond acceptors (Lipinski definition) is 4. The van der Waals surface area contributed by atoms with Gasteiger partial charge in [0.05, 0.1) is 18.2 Å². The summed E-state index contributed by atoms with van der Waals surface area (Å²) in [6.07, 6.45) is -0.228. The van der Waals surface area contributed by atoms with Crippen LogP contribution >= 0.6 is 0 Å². The Morgan fingerprint density at radius 1 is 1.36 bits per heavy atom. The lowest BCUT2D eigenvalue weighted by Crippen LogP contribution is -2.29. The summed E-state index contributed by atoms with van der Waals surface area (Å²) in [5, 5.41) is 20.3. The molecular formula is C19H19N3O3. The van der Waals surface area contributed by atoms with E-state index in [1.54, 1.807) is 6.07 Å². The Kier molecular flexibility index (Phi) is 4.75. The molecule has 1 aliphatic heterocycles. The predicted molar refractivity (Wildman–Crippen MR) is 94.5 cm³/mol. The highest BCUT2D eigenvalue weighted by atomic mass is 16.5. The van der Waals surface area contributed by atoms with Gasteiger partial charge in [-0.1, -0.05) is 12.1 Å². The average Bonchev–Trinajstić information content (AvgIpc) is 2.65. The Morgan fingerprint density at radius 3 is 2.92 bits per heavy atom. The van der Waals surface area contributed by atoms with Gasteiger partial charge in [-0.05, 0) is 36.2 Å². The summed E-state index contributed by atoms with van der Waals surface area (Å²) in [7, 11) is 1.94. The SMILES string of the molecule is CN(c1cccc(C#N)c1)c1ccc2c(c1)OCC[C@H]2CNC(=O)O. The number of nitrogens with zero attached hydrogens (tertiary/aromatic N) is 2. The zero-order valence-corrected chi connectivity index (χ0v) is 13.9. The third kappa shape index (κ3) is 3.66. The summed E-state index contributed by atoms with van der Waals surface area (Å²) < 4.78 is 5.78. The van der Waals surface area contributed by atoms with Crippen molar-refractivity contribution < 1.29 is 14.6 Å². The molecule has 0 spiro atoms. The topological polar surface area (TPSA) is 85.6 Å². The third-order valence-electron chi connectivity index (χ3n) is 4.41. The first-order valence-electron chi connectivity index (χ1n) is 8.06. The molecule has 6 nitrogen and oxygen atoms in total. The van der Waals surface area contributed by atoms with E-state index in [0.29, 0.717) is 18.7 Å². The van der Waals surface area contributed by atoms with Crippen molar-refractivity contribution in [3.05, 3.63) is 53.6 Å². The maximum Gasteiger partial charge on any atom is 0.404 e. The standard InChI is InChI=1S/C19H19N3O3/c1-22(15-4-2-3-13(9-15)11-20)16-5-6-17-14(12-21-19(23)24)7-8-25-18(17)10-16/h2-6,9-10,14,21H,7-8,12H2,1H3,(H,23,24)/t14-/m0/s1. The van der Waals surface area contributed by atoms with Crippen LogP contribution in [0.1, 0.15) is 23.5 Å². The van der Waals surface area contributed by atoms with Gasteiger partial charge in [-0.15, -0.1) is 0 Å². The van der Waals surface area contributed by atoms with Gasteiger partial charge >= 0.3 is 6.09 Å². The van der Waals surface area contributed by atoms with Crippen LogP contribution in [0.5, 0.6) is 5.75 Å². The van der Waals surface area contributed by atoms with Crippen LogP contribution in [0.2, 0.25) is 0 Å². The summed E-state index contributed by atoms with van der Waals surface area (Å²) in [6.45, 7) is 0.946. The quantitative estimate of drug-likeness (QED) is 0.892. The van der Waals surface area contributed by atoms with E-state index < -0.39 is 6.09 Å². The van der Waals surface area contributed by atoms with Crippen LogP contribution in [0.15, 0.2) is 42.5 Å². The van der Waals surface area contributed by atoms with Crippen LogP contribution in [0.3, 0.4) is 0 Å². The van der Waals surface area contributed by atoms with Crippen molar-refractivity contribution in [1.29, 1.82) is 5.26 Å². The van der Waals surface area contributed by atoms with Gasteiger partial charge in [-0.3, -0.25) is 0 Å². The van der Waals surface area contributed by atoms with Crippen molar-refractivity contribution >= 4 is 17.5 Å².